The topological polar surface area (TPSA) is 35.5 Å². The first-order valence-corrected chi connectivity index (χ1v) is 7.32. The standard InChI is InChI=1S/C14H26N2O/c1-15-14(10-17)7-6-13(8-14)16(12-4-5-12)9-11-2-3-11/h11-13,15,17H,2-10H2,1H3. The van der Waals surface area contributed by atoms with Crippen molar-refractivity contribution in [1.29, 1.82) is 0 Å². The van der Waals surface area contributed by atoms with E-state index in [0.717, 1.165) is 30.8 Å². The molecule has 0 spiro atoms. The molecule has 0 aromatic heterocycles. The van der Waals surface area contributed by atoms with E-state index in [4.69, 9.17) is 0 Å². The van der Waals surface area contributed by atoms with Crippen molar-refractivity contribution in [3.05, 3.63) is 0 Å². The number of aliphatic hydroxyl groups is 1. The lowest BCUT2D eigenvalue weighted by molar-refractivity contribution is 0.140. The summed E-state index contributed by atoms with van der Waals surface area (Å²) in [7, 11) is 2.00. The molecule has 3 aliphatic rings. The van der Waals surface area contributed by atoms with Gasteiger partial charge in [0.25, 0.3) is 0 Å². The van der Waals surface area contributed by atoms with E-state index in [9.17, 15) is 5.11 Å². The Morgan fingerprint density at radius 2 is 1.94 bits per heavy atom. The smallest absolute Gasteiger partial charge is 0.0613 e. The minimum atomic E-state index is 0.0152. The molecule has 3 rings (SSSR count). The number of hydrogen-bond donors (Lipinski definition) is 2. The molecule has 0 saturated heterocycles. The van der Waals surface area contributed by atoms with Crippen LogP contribution in [-0.4, -0.2) is 47.8 Å². The molecular formula is C14H26N2O. The van der Waals surface area contributed by atoms with E-state index in [0.29, 0.717) is 6.61 Å². The van der Waals surface area contributed by atoms with Gasteiger partial charge >= 0.3 is 0 Å². The molecule has 98 valence electrons. The van der Waals surface area contributed by atoms with Gasteiger partial charge < -0.3 is 10.4 Å². The summed E-state index contributed by atoms with van der Waals surface area (Å²) in [4.78, 5) is 2.78. The van der Waals surface area contributed by atoms with E-state index >= 15 is 0 Å². The quantitative estimate of drug-likeness (QED) is 0.733. The minimum absolute atomic E-state index is 0.0152. The second kappa shape index (κ2) is 4.52. The lowest BCUT2D eigenvalue weighted by atomic mass is 9.99. The summed E-state index contributed by atoms with van der Waals surface area (Å²) in [6, 6.07) is 1.61. The third-order valence-corrected chi connectivity index (χ3v) is 5.07. The predicted molar refractivity (Wildman–Crippen MR) is 69.0 cm³/mol. The van der Waals surface area contributed by atoms with Crippen LogP contribution in [0.4, 0.5) is 0 Å². The molecule has 3 aliphatic carbocycles. The van der Waals surface area contributed by atoms with Crippen LogP contribution < -0.4 is 5.32 Å². The van der Waals surface area contributed by atoms with Gasteiger partial charge in [-0.2, -0.15) is 0 Å². The summed E-state index contributed by atoms with van der Waals surface area (Å²) in [5.74, 6) is 0.995. The largest absolute Gasteiger partial charge is 0.394 e. The van der Waals surface area contributed by atoms with Gasteiger partial charge in [0.1, 0.15) is 0 Å². The Morgan fingerprint density at radius 3 is 2.41 bits per heavy atom. The highest BCUT2D eigenvalue weighted by atomic mass is 16.3. The first-order chi connectivity index (χ1) is 8.26. The van der Waals surface area contributed by atoms with Crippen molar-refractivity contribution in [2.75, 3.05) is 20.2 Å². The molecular weight excluding hydrogens is 212 g/mol. The van der Waals surface area contributed by atoms with E-state index in [1.165, 1.54) is 38.6 Å². The average molecular weight is 238 g/mol. The third-order valence-electron chi connectivity index (χ3n) is 5.07. The SMILES string of the molecule is CNC1(CO)CCC(N(CC2CC2)C2CC2)C1. The van der Waals surface area contributed by atoms with Crippen molar-refractivity contribution in [3.8, 4) is 0 Å². The molecule has 2 N–H and O–H groups in total. The van der Waals surface area contributed by atoms with Crippen molar-refractivity contribution in [2.24, 2.45) is 5.92 Å². The lowest BCUT2D eigenvalue weighted by Crippen LogP contribution is -2.46. The summed E-state index contributed by atoms with van der Waals surface area (Å²) >= 11 is 0. The van der Waals surface area contributed by atoms with Crippen molar-refractivity contribution < 1.29 is 5.11 Å². The van der Waals surface area contributed by atoms with Crippen LogP contribution in [0.25, 0.3) is 0 Å². The summed E-state index contributed by atoms with van der Waals surface area (Å²) in [6.07, 6.45) is 9.27. The number of nitrogens with one attached hydrogen (secondary N) is 1. The van der Waals surface area contributed by atoms with E-state index in [1.807, 2.05) is 7.05 Å². The Hall–Kier alpha value is -0.120. The Morgan fingerprint density at radius 1 is 1.18 bits per heavy atom. The van der Waals surface area contributed by atoms with Crippen LogP contribution >= 0.6 is 0 Å². The van der Waals surface area contributed by atoms with Crippen molar-refractivity contribution in [3.63, 3.8) is 0 Å². The summed E-state index contributed by atoms with van der Waals surface area (Å²) in [5.41, 5.74) is 0.0152. The molecule has 0 radical (unpaired) electrons. The fourth-order valence-electron chi connectivity index (χ4n) is 3.43. The zero-order valence-corrected chi connectivity index (χ0v) is 11.0. The van der Waals surface area contributed by atoms with E-state index in [-0.39, 0.29) is 5.54 Å². The van der Waals surface area contributed by atoms with Gasteiger partial charge in [-0.05, 0) is 57.9 Å². The van der Waals surface area contributed by atoms with E-state index in [1.54, 1.807) is 0 Å². The first kappa shape index (κ1) is 11.9. The van der Waals surface area contributed by atoms with Crippen LogP contribution in [0.15, 0.2) is 0 Å². The maximum atomic E-state index is 9.58. The van der Waals surface area contributed by atoms with E-state index < -0.39 is 0 Å². The van der Waals surface area contributed by atoms with Crippen molar-refractivity contribution >= 4 is 0 Å². The van der Waals surface area contributed by atoms with E-state index in [2.05, 4.69) is 10.2 Å². The normalized spacial score (nSPS) is 37.9. The van der Waals surface area contributed by atoms with Crippen molar-refractivity contribution in [1.82, 2.24) is 10.2 Å². The fraction of sp³-hybridized carbons (Fsp3) is 1.00. The van der Waals surface area contributed by atoms with Crippen LogP contribution in [0.2, 0.25) is 0 Å². The van der Waals surface area contributed by atoms with Gasteiger partial charge in [0.2, 0.25) is 0 Å². The van der Waals surface area contributed by atoms with Gasteiger partial charge in [0, 0.05) is 24.2 Å². The Labute approximate surface area is 105 Å². The second-order valence-corrected chi connectivity index (χ2v) is 6.46. The highest BCUT2D eigenvalue weighted by molar-refractivity contribution is 5.02. The molecule has 0 aliphatic heterocycles. The number of hydrogen-bond acceptors (Lipinski definition) is 3. The molecule has 0 bridgehead atoms. The number of rotatable bonds is 6. The number of aliphatic hydroxyl groups excluding tert-OH is 1. The van der Waals surface area contributed by atoms with Crippen molar-refractivity contribution in [2.45, 2.75) is 62.6 Å². The molecule has 17 heavy (non-hydrogen) atoms. The minimum Gasteiger partial charge on any atom is -0.394 e. The van der Waals surface area contributed by atoms with Crippen LogP contribution in [0.5, 0.6) is 0 Å². The van der Waals surface area contributed by atoms with Gasteiger partial charge in [-0.15, -0.1) is 0 Å². The average Bonchev–Trinajstić information content (AvgIpc) is 3.25. The highest BCUT2D eigenvalue weighted by Gasteiger charge is 2.44. The summed E-state index contributed by atoms with van der Waals surface area (Å²) in [5, 5.41) is 12.9. The first-order valence-electron chi connectivity index (χ1n) is 7.32. The van der Waals surface area contributed by atoms with Gasteiger partial charge in [-0.25, -0.2) is 0 Å². The second-order valence-electron chi connectivity index (χ2n) is 6.46. The molecule has 3 heteroatoms. The predicted octanol–water partition coefficient (Wildman–Crippen LogP) is 1.36. The monoisotopic (exact) mass is 238 g/mol. The summed E-state index contributed by atoms with van der Waals surface area (Å²) < 4.78 is 0. The van der Waals surface area contributed by atoms with Crippen LogP contribution in [0, 0.1) is 5.92 Å². The van der Waals surface area contributed by atoms with Crippen LogP contribution in [0.1, 0.15) is 44.9 Å². The number of nitrogens with zero attached hydrogens (tertiary/aromatic N) is 1. The Kier molecular flexibility index (Phi) is 3.18. The molecule has 2 atom stereocenters. The Balaban J connectivity index is 1.62. The van der Waals surface area contributed by atoms with Gasteiger partial charge in [-0.1, -0.05) is 0 Å². The van der Waals surface area contributed by atoms with Crippen LogP contribution in [0.3, 0.4) is 0 Å². The summed E-state index contributed by atoms with van der Waals surface area (Å²) in [6.45, 7) is 1.63. The molecule has 2 unspecified atom stereocenters. The lowest BCUT2D eigenvalue weighted by Gasteiger charge is -2.32. The van der Waals surface area contributed by atoms with Gasteiger partial charge in [0.05, 0.1) is 6.61 Å². The molecule has 0 heterocycles. The molecule has 3 saturated carbocycles. The van der Waals surface area contributed by atoms with Crippen LogP contribution in [-0.2, 0) is 0 Å². The number of likely N-dealkylation sites (N-methyl/N-ethyl adjacent to an activating group) is 1. The highest BCUT2D eigenvalue weighted by Crippen LogP contribution is 2.41. The third kappa shape index (κ3) is 2.51. The fourth-order valence-corrected chi connectivity index (χ4v) is 3.43. The molecule has 0 aromatic carbocycles. The zero-order chi connectivity index (χ0) is 11.9. The Bertz CT molecular complexity index is 269. The molecule has 0 aromatic rings. The maximum absolute atomic E-state index is 9.58. The van der Waals surface area contributed by atoms with Gasteiger partial charge in [0.15, 0.2) is 0 Å². The molecule has 0 amide bonds. The maximum Gasteiger partial charge on any atom is 0.0613 e. The van der Waals surface area contributed by atoms with Gasteiger partial charge in [-0.3, -0.25) is 4.90 Å². The zero-order valence-electron chi connectivity index (χ0n) is 11.0. The molecule has 3 nitrogen and oxygen atoms in total. The molecule has 3 fully saturated rings.